The summed E-state index contributed by atoms with van der Waals surface area (Å²) in [7, 11) is 0. The molecule has 86 valence electrons. The SMILES string of the molecule is NC1(N)C[C@@H]2OC(c3ccccc3)O[C@@H]2C1. The molecular formula is C12H16N2O2. The van der Waals surface area contributed by atoms with E-state index in [1.165, 1.54) is 0 Å². The fourth-order valence-electron chi connectivity index (χ4n) is 2.48. The number of nitrogens with two attached hydrogens (primary N) is 2. The first-order valence-corrected chi connectivity index (χ1v) is 5.58. The second kappa shape index (κ2) is 3.53. The number of hydrogen-bond donors (Lipinski definition) is 2. The van der Waals surface area contributed by atoms with Gasteiger partial charge in [0.25, 0.3) is 0 Å². The van der Waals surface area contributed by atoms with E-state index in [2.05, 4.69) is 0 Å². The molecule has 1 aromatic carbocycles. The standard InChI is InChI=1S/C12H16N2O2/c13-12(14)6-9-10(7-12)16-11(15-9)8-4-2-1-3-5-8/h1-5,9-11H,6-7,13-14H2/t9-,10+,11?. The fraction of sp³-hybridized carbons (Fsp3) is 0.500. The summed E-state index contributed by atoms with van der Waals surface area (Å²) in [4.78, 5) is 0. The highest BCUT2D eigenvalue weighted by Crippen LogP contribution is 2.41. The summed E-state index contributed by atoms with van der Waals surface area (Å²) in [6.45, 7) is 0. The minimum Gasteiger partial charge on any atom is -0.342 e. The maximum Gasteiger partial charge on any atom is 0.184 e. The Bertz CT molecular complexity index is 364. The van der Waals surface area contributed by atoms with E-state index >= 15 is 0 Å². The third kappa shape index (κ3) is 1.74. The zero-order valence-electron chi connectivity index (χ0n) is 9.00. The van der Waals surface area contributed by atoms with Crippen LogP contribution in [-0.4, -0.2) is 17.9 Å². The minimum absolute atomic E-state index is 0.0419. The van der Waals surface area contributed by atoms with Crippen molar-refractivity contribution >= 4 is 0 Å². The highest BCUT2D eigenvalue weighted by Gasteiger charge is 2.48. The van der Waals surface area contributed by atoms with Gasteiger partial charge in [0.05, 0.1) is 17.9 Å². The van der Waals surface area contributed by atoms with Gasteiger partial charge < -0.3 is 20.9 Å². The molecule has 0 amide bonds. The normalized spacial score (nSPS) is 36.2. The van der Waals surface area contributed by atoms with Crippen LogP contribution in [0.3, 0.4) is 0 Å². The third-order valence-corrected chi connectivity index (χ3v) is 3.25. The Morgan fingerprint density at radius 2 is 1.56 bits per heavy atom. The average Bonchev–Trinajstić information content (AvgIpc) is 2.72. The van der Waals surface area contributed by atoms with Crippen LogP contribution in [-0.2, 0) is 9.47 Å². The average molecular weight is 220 g/mol. The van der Waals surface area contributed by atoms with Crippen molar-refractivity contribution in [2.24, 2.45) is 11.5 Å². The molecule has 4 nitrogen and oxygen atoms in total. The van der Waals surface area contributed by atoms with Crippen LogP contribution in [0, 0.1) is 0 Å². The Morgan fingerprint density at radius 1 is 1.00 bits per heavy atom. The summed E-state index contributed by atoms with van der Waals surface area (Å²) in [6, 6.07) is 9.94. The van der Waals surface area contributed by atoms with Crippen molar-refractivity contribution in [1.82, 2.24) is 0 Å². The highest BCUT2D eigenvalue weighted by molar-refractivity contribution is 5.17. The molecule has 2 aliphatic rings. The van der Waals surface area contributed by atoms with Gasteiger partial charge in [-0.2, -0.15) is 0 Å². The van der Waals surface area contributed by atoms with Gasteiger partial charge in [-0.05, 0) is 0 Å². The molecule has 3 rings (SSSR count). The second-order valence-electron chi connectivity index (χ2n) is 4.73. The molecule has 1 saturated carbocycles. The number of hydrogen-bond acceptors (Lipinski definition) is 4. The number of benzene rings is 1. The van der Waals surface area contributed by atoms with Gasteiger partial charge in [-0.15, -0.1) is 0 Å². The maximum atomic E-state index is 5.87. The van der Waals surface area contributed by atoms with Crippen LogP contribution in [0.15, 0.2) is 30.3 Å². The summed E-state index contributed by atoms with van der Waals surface area (Å²) >= 11 is 0. The molecule has 1 aliphatic heterocycles. The van der Waals surface area contributed by atoms with Gasteiger partial charge in [0.1, 0.15) is 0 Å². The van der Waals surface area contributed by atoms with Gasteiger partial charge in [0.15, 0.2) is 6.29 Å². The first kappa shape index (κ1) is 10.2. The van der Waals surface area contributed by atoms with Gasteiger partial charge in [-0.3, -0.25) is 0 Å². The van der Waals surface area contributed by atoms with Crippen molar-refractivity contribution in [3.05, 3.63) is 35.9 Å². The molecule has 1 unspecified atom stereocenters. The molecule has 4 N–H and O–H groups in total. The molecule has 0 aromatic heterocycles. The Balaban J connectivity index is 1.73. The van der Waals surface area contributed by atoms with E-state index in [4.69, 9.17) is 20.9 Å². The molecule has 2 fully saturated rings. The van der Waals surface area contributed by atoms with Crippen molar-refractivity contribution in [2.45, 2.75) is 37.0 Å². The molecule has 4 heteroatoms. The van der Waals surface area contributed by atoms with Gasteiger partial charge in [0, 0.05) is 18.4 Å². The van der Waals surface area contributed by atoms with E-state index in [-0.39, 0.29) is 18.5 Å². The first-order chi connectivity index (χ1) is 7.64. The predicted molar refractivity (Wildman–Crippen MR) is 59.3 cm³/mol. The van der Waals surface area contributed by atoms with Gasteiger partial charge in [0.2, 0.25) is 0 Å². The van der Waals surface area contributed by atoms with Crippen LogP contribution in [0.25, 0.3) is 0 Å². The summed E-state index contributed by atoms with van der Waals surface area (Å²) in [5.74, 6) is 0. The molecule has 1 aromatic rings. The molecule has 16 heavy (non-hydrogen) atoms. The van der Waals surface area contributed by atoms with E-state index in [1.807, 2.05) is 30.3 Å². The largest absolute Gasteiger partial charge is 0.342 e. The van der Waals surface area contributed by atoms with Crippen molar-refractivity contribution in [2.75, 3.05) is 0 Å². The van der Waals surface area contributed by atoms with E-state index in [9.17, 15) is 0 Å². The molecule has 0 spiro atoms. The van der Waals surface area contributed by atoms with Gasteiger partial charge >= 0.3 is 0 Å². The van der Waals surface area contributed by atoms with Crippen molar-refractivity contribution < 1.29 is 9.47 Å². The molecule has 1 saturated heterocycles. The van der Waals surface area contributed by atoms with E-state index in [0.717, 1.165) is 5.56 Å². The van der Waals surface area contributed by atoms with Gasteiger partial charge in [-0.25, -0.2) is 0 Å². The lowest BCUT2D eigenvalue weighted by molar-refractivity contribution is -0.0806. The topological polar surface area (TPSA) is 70.5 Å². The fourth-order valence-corrected chi connectivity index (χ4v) is 2.48. The summed E-state index contributed by atoms with van der Waals surface area (Å²) in [6.07, 6.45) is 1.16. The van der Waals surface area contributed by atoms with Gasteiger partial charge in [-0.1, -0.05) is 30.3 Å². The summed E-state index contributed by atoms with van der Waals surface area (Å²) in [5, 5.41) is 0. The van der Waals surface area contributed by atoms with Crippen LogP contribution in [0.1, 0.15) is 24.7 Å². The predicted octanol–water partition coefficient (Wildman–Crippen LogP) is 0.877. The summed E-state index contributed by atoms with van der Waals surface area (Å²) < 4.78 is 11.6. The maximum absolute atomic E-state index is 5.87. The van der Waals surface area contributed by atoms with E-state index < -0.39 is 5.66 Å². The Kier molecular flexibility index (Phi) is 2.26. The lowest BCUT2D eigenvalue weighted by Gasteiger charge is -2.20. The number of ether oxygens (including phenoxy) is 2. The Morgan fingerprint density at radius 3 is 2.12 bits per heavy atom. The summed E-state index contributed by atoms with van der Waals surface area (Å²) in [5.41, 5.74) is 12.2. The third-order valence-electron chi connectivity index (χ3n) is 3.25. The van der Waals surface area contributed by atoms with Crippen LogP contribution in [0.5, 0.6) is 0 Å². The lowest BCUT2D eigenvalue weighted by Crippen LogP contribution is -2.47. The van der Waals surface area contributed by atoms with E-state index in [0.29, 0.717) is 12.8 Å². The van der Waals surface area contributed by atoms with Crippen LogP contribution in [0.2, 0.25) is 0 Å². The smallest absolute Gasteiger partial charge is 0.184 e. The van der Waals surface area contributed by atoms with Crippen molar-refractivity contribution in [3.63, 3.8) is 0 Å². The molecule has 0 bridgehead atoms. The van der Waals surface area contributed by atoms with Crippen LogP contribution < -0.4 is 11.5 Å². The molecule has 1 heterocycles. The molecular weight excluding hydrogens is 204 g/mol. The molecule has 0 radical (unpaired) electrons. The zero-order chi connectivity index (χ0) is 11.2. The number of fused-ring (bicyclic) bond motifs is 1. The first-order valence-electron chi connectivity index (χ1n) is 5.58. The molecule has 3 atom stereocenters. The zero-order valence-corrected chi connectivity index (χ0v) is 9.00. The Labute approximate surface area is 94.5 Å². The monoisotopic (exact) mass is 220 g/mol. The van der Waals surface area contributed by atoms with Crippen molar-refractivity contribution in [3.8, 4) is 0 Å². The minimum atomic E-state index is -0.628. The highest BCUT2D eigenvalue weighted by atomic mass is 16.7. The lowest BCUT2D eigenvalue weighted by atomic mass is 10.1. The molecule has 1 aliphatic carbocycles. The second-order valence-corrected chi connectivity index (χ2v) is 4.73. The Hall–Kier alpha value is -0.940. The van der Waals surface area contributed by atoms with Crippen molar-refractivity contribution in [1.29, 1.82) is 0 Å². The van der Waals surface area contributed by atoms with E-state index in [1.54, 1.807) is 0 Å². The number of rotatable bonds is 1. The van der Waals surface area contributed by atoms with Crippen LogP contribution >= 0.6 is 0 Å². The quantitative estimate of drug-likeness (QED) is 0.689. The van der Waals surface area contributed by atoms with Crippen LogP contribution in [0.4, 0.5) is 0 Å².